The molecule has 0 spiro atoms. The minimum Gasteiger partial charge on any atom is -0.493 e. The number of nitrogens with one attached hydrogen (secondary N) is 1. The van der Waals surface area contributed by atoms with Crippen molar-refractivity contribution in [2.45, 2.75) is 32.9 Å². The quantitative estimate of drug-likeness (QED) is 0.818. The zero-order chi connectivity index (χ0) is 14.5. The Morgan fingerprint density at radius 1 is 1.50 bits per heavy atom. The molecule has 0 aliphatic rings. The van der Waals surface area contributed by atoms with Gasteiger partial charge in [0.1, 0.15) is 5.69 Å². The summed E-state index contributed by atoms with van der Waals surface area (Å²) in [5.74, 6) is 0.836. The third-order valence-electron chi connectivity index (χ3n) is 3.16. The van der Waals surface area contributed by atoms with E-state index in [0.29, 0.717) is 0 Å². The summed E-state index contributed by atoms with van der Waals surface area (Å²) in [5, 5.41) is 10.2. The van der Waals surface area contributed by atoms with Gasteiger partial charge in [-0.25, -0.2) is 0 Å². The van der Waals surface area contributed by atoms with E-state index >= 15 is 0 Å². The van der Waals surface area contributed by atoms with Crippen molar-refractivity contribution in [3.8, 4) is 5.75 Å². The monoisotopic (exact) mass is 357 g/mol. The molecule has 0 fully saturated rings. The number of thiophene rings is 1. The van der Waals surface area contributed by atoms with Crippen molar-refractivity contribution in [2.75, 3.05) is 13.7 Å². The standard InChI is InChI=1S/C14H20BrN3OS/c1-4-6-16-13(10-7-12(15)20-9-10)14-11(19-3)8-17-18(14)5-2/h7-9,13,16H,4-6H2,1-3H3. The van der Waals surface area contributed by atoms with Crippen LogP contribution in [-0.2, 0) is 6.54 Å². The Morgan fingerprint density at radius 2 is 2.30 bits per heavy atom. The predicted molar refractivity (Wildman–Crippen MR) is 86.6 cm³/mol. The number of nitrogens with zero attached hydrogens (tertiary/aromatic N) is 2. The van der Waals surface area contributed by atoms with Gasteiger partial charge < -0.3 is 10.1 Å². The average Bonchev–Trinajstić information content (AvgIpc) is 3.06. The molecule has 2 rings (SSSR count). The van der Waals surface area contributed by atoms with Crippen LogP contribution in [0.5, 0.6) is 5.75 Å². The highest BCUT2D eigenvalue weighted by molar-refractivity contribution is 9.11. The molecule has 110 valence electrons. The number of aromatic nitrogens is 2. The first-order valence-electron chi connectivity index (χ1n) is 6.78. The van der Waals surface area contributed by atoms with Crippen molar-refractivity contribution in [3.05, 3.63) is 32.7 Å². The largest absolute Gasteiger partial charge is 0.493 e. The van der Waals surface area contributed by atoms with Crippen LogP contribution in [0.2, 0.25) is 0 Å². The first kappa shape index (κ1) is 15.5. The van der Waals surface area contributed by atoms with Gasteiger partial charge in [-0.05, 0) is 52.8 Å². The molecule has 0 amide bonds. The third-order valence-corrected chi connectivity index (χ3v) is 4.68. The lowest BCUT2D eigenvalue weighted by molar-refractivity contribution is 0.399. The molecule has 0 saturated carbocycles. The molecule has 2 heterocycles. The van der Waals surface area contributed by atoms with E-state index in [0.717, 1.165) is 34.7 Å². The van der Waals surface area contributed by atoms with Crippen LogP contribution in [0.1, 0.15) is 37.6 Å². The second kappa shape index (κ2) is 7.24. The van der Waals surface area contributed by atoms with Crippen molar-refractivity contribution < 1.29 is 4.74 Å². The van der Waals surface area contributed by atoms with Gasteiger partial charge in [0, 0.05) is 6.54 Å². The number of halogens is 1. The maximum atomic E-state index is 5.49. The van der Waals surface area contributed by atoms with Crippen molar-refractivity contribution in [3.63, 3.8) is 0 Å². The van der Waals surface area contributed by atoms with Crippen LogP contribution in [0.4, 0.5) is 0 Å². The number of ether oxygens (including phenoxy) is 1. The third kappa shape index (κ3) is 3.24. The van der Waals surface area contributed by atoms with Crippen LogP contribution in [-0.4, -0.2) is 23.4 Å². The molecule has 0 radical (unpaired) electrons. The summed E-state index contributed by atoms with van der Waals surface area (Å²) < 4.78 is 8.62. The summed E-state index contributed by atoms with van der Waals surface area (Å²) in [4.78, 5) is 0. The van der Waals surface area contributed by atoms with Gasteiger partial charge in [0.25, 0.3) is 0 Å². The summed E-state index contributed by atoms with van der Waals surface area (Å²) in [6, 6.07) is 2.26. The molecular formula is C14H20BrN3OS. The highest BCUT2D eigenvalue weighted by Crippen LogP contribution is 2.33. The Bertz CT molecular complexity index is 531. The number of rotatable bonds is 7. The van der Waals surface area contributed by atoms with Gasteiger partial charge in [0.15, 0.2) is 5.75 Å². The normalized spacial score (nSPS) is 12.6. The highest BCUT2D eigenvalue weighted by atomic mass is 79.9. The van der Waals surface area contributed by atoms with Gasteiger partial charge >= 0.3 is 0 Å². The van der Waals surface area contributed by atoms with Gasteiger partial charge in [0.05, 0.1) is 23.1 Å². The number of methoxy groups -OCH3 is 1. The van der Waals surface area contributed by atoms with Crippen LogP contribution in [0.25, 0.3) is 0 Å². The molecule has 1 unspecified atom stereocenters. The fourth-order valence-corrected chi connectivity index (χ4v) is 3.42. The SMILES string of the molecule is CCCNC(c1csc(Br)c1)c1c(OC)cnn1CC. The summed E-state index contributed by atoms with van der Waals surface area (Å²) in [7, 11) is 1.70. The van der Waals surface area contributed by atoms with Gasteiger partial charge in [-0.1, -0.05) is 6.92 Å². The molecular weight excluding hydrogens is 338 g/mol. The first-order chi connectivity index (χ1) is 9.71. The summed E-state index contributed by atoms with van der Waals surface area (Å²) in [6.45, 7) is 6.04. The van der Waals surface area contributed by atoms with Gasteiger partial charge in [-0.15, -0.1) is 11.3 Å². The zero-order valence-electron chi connectivity index (χ0n) is 12.0. The lowest BCUT2D eigenvalue weighted by Crippen LogP contribution is -2.25. The molecule has 2 aromatic heterocycles. The molecule has 2 aromatic rings. The fourth-order valence-electron chi connectivity index (χ4n) is 2.21. The molecule has 20 heavy (non-hydrogen) atoms. The molecule has 0 saturated heterocycles. The lowest BCUT2D eigenvalue weighted by Gasteiger charge is -2.20. The molecule has 4 nitrogen and oxygen atoms in total. The van der Waals surface area contributed by atoms with E-state index in [1.54, 1.807) is 24.6 Å². The van der Waals surface area contributed by atoms with E-state index in [-0.39, 0.29) is 6.04 Å². The maximum absolute atomic E-state index is 5.49. The van der Waals surface area contributed by atoms with Crippen LogP contribution in [0, 0.1) is 0 Å². The van der Waals surface area contributed by atoms with E-state index in [2.05, 4.69) is 51.6 Å². The second-order valence-electron chi connectivity index (χ2n) is 4.49. The smallest absolute Gasteiger partial charge is 0.161 e. The van der Waals surface area contributed by atoms with Crippen LogP contribution < -0.4 is 10.1 Å². The highest BCUT2D eigenvalue weighted by Gasteiger charge is 2.23. The van der Waals surface area contributed by atoms with Crippen molar-refractivity contribution >= 4 is 27.3 Å². The Kier molecular flexibility index (Phi) is 5.63. The Balaban J connectivity index is 2.42. The fraction of sp³-hybridized carbons (Fsp3) is 0.500. The van der Waals surface area contributed by atoms with Gasteiger partial charge in [-0.2, -0.15) is 5.10 Å². The average molecular weight is 358 g/mol. The van der Waals surface area contributed by atoms with Crippen molar-refractivity contribution in [2.24, 2.45) is 0 Å². The number of aryl methyl sites for hydroxylation is 1. The van der Waals surface area contributed by atoms with Crippen LogP contribution in [0.15, 0.2) is 21.4 Å². The topological polar surface area (TPSA) is 39.1 Å². The summed E-state index contributed by atoms with van der Waals surface area (Å²) in [6.07, 6.45) is 2.88. The zero-order valence-corrected chi connectivity index (χ0v) is 14.4. The predicted octanol–water partition coefficient (Wildman–Crippen LogP) is 3.82. The van der Waals surface area contributed by atoms with E-state index in [1.807, 2.05) is 4.68 Å². The van der Waals surface area contributed by atoms with Crippen molar-refractivity contribution in [1.29, 1.82) is 0 Å². The van der Waals surface area contributed by atoms with Gasteiger partial charge in [0.2, 0.25) is 0 Å². The number of hydrogen-bond donors (Lipinski definition) is 1. The Labute approximate surface area is 132 Å². The minimum absolute atomic E-state index is 0.106. The maximum Gasteiger partial charge on any atom is 0.161 e. The van der Waals surface area contributed by atoms with Crippen molar-refractivity contribution in [1.82, 2.24) is 15.1 Å². The minimum atomic E-state index is 0.106. The van der Waals surface area contributed by atoms with E-state index in [1.165, 1.54) is 5.56 Å². The van der Waals surface area contributed by atoms with E-state index in [9.17, 15) is 0 Å². The molecule has 1 atom stereocenters. The summed E-state index contributed by atoms with van der Waals surface area (Å²) >= 11 is 5.24. The Morgan fingerprint density at radius 3 is 2.85 bits per heavy atom. The van der Waals surface area contributed by atoms with Crippen LogP contribution >= 0.6 is 27.3 Å². The number of hydrogen-bond acceptors (Lipinski definition) is 4. The molecule has 0 bridgehead atoms. The van der Waals surface area contributed by atoms with E-state index in [4.69, 9.17) is 4.74 Å². The molecule has 6 heteroatoms. The Hall–Kier alpha value is -0.850. The molecule has 0 aromatic carbocycles. The molecule has 0 aliphatic heterocycles. The first-order valence-corrected chi connectivity index (χ1v) is 8.45. The van der Waals surface area contributed by atoms with Crippen LogP contribution in [0.3, 0.4) is 0 Å². The summed E-state index contributed by atoms with van der Waals surface area (Å²) in [5.41, 5.74) is 2.33. The van der Waals surface area contributed by atoms with Gasteiger partial charge in [-0.3, -0.25) is 4.68 Å². The molecule has 0 aliphatic carbocycles. The van der Waals surface area contributed by atoms with E-state index < -0.39 is 0 Å². The lowest BCUT2D eigenvalue weighted by atomic mass is 10.1. The second-order valence-corrected chi connectivity index (χ2v) is 6.78. The molecule has 1 N–H and O–H groups in total.